The second-order valence-electron chi connectivity index (χ2n) is 6.20. The fraction of sp³-hybridized carbons (Fsp3) is 0.421. The maximum atomic E-state index is 11.2. The molecule has 0 aliphatic heterocycles. The highest BCUT2D eigenvalue weighted by atomic mass is 16.1. The van der Waals surface area contributed by atoms with Crippen LogP contribution >= 0.6 is 0 Å². The molecule has 0 unspecified atom stereocenters. The minimum Gasteiger partial charge on any atom is -0.357 e. The average Bonchev–Trinajstić information content (AvgIpc) is 2.82. The molecule has 2 rings (SSSR count). The Hall–Kier alpha value is -2.83. The van der Waals surface area contributed by atoms with Crippen LogP contribution in [0.1, 0.15) is 36.4 Å². The number of guanidine groups is 1. The third-order valence-corrected chi connectivity index (χ3v) is 4.10. The van der Waals surface area contributed by atoms with Gasteiger partial charge in [-0.05, 0) is 38.5 Å². The van der Waals surface area contributed by atoms with Gasteiger partial charge in [0.15, 0.2) is 5.96 Å². The summed E-state index contributed by atoms with van der Waals surface area (Å²) in [5.41, 5.74) is 5.17. The number of carbonyl (C=O) groups is 1. The third-order valence-electron chi connectivity index (χ3n) is 4.10. The van der Waals surface area contributed by atoms with Crippen LogP contribution in [0.5, 0.6) is 0 Å². The normalized spacial score (nSPS) is 11.3. The molecule has 1 aromatic heterocycles. The molecule has 0 radical (unpaired) electrons. The average molecular weight is 356 g/mol. The molecule has 140 valence electrons. The van der Waals surface area contributed by atoms with Crippen LogP contribution < -0.4 is 16.0 Å². The van der Waals surface area contributed by atoms with Crippen LogP contribution in [0.2, 0.25) is 0 Å². The van der Waals surface area contributed by atoms with E-state index in [1.165, 1.54) is 12.5 Å². The van der Waals surface area contributed by atoms with Gasteiger partial charge in [-0.3, -0.25) is 9.48 Å². The van der Waals surface area contributed by atoms with Crippen molar-refractivity contribution in [3.8, 4) is 0 Å². The molecule has 3 N–H and O–H groups in total. The Morgan fingerprint density at radius 2 is 2.04 bits per heavy atom. The molecule has 7 heteroatoms. The number of rotatable bonds is 6. The molecule has 0 bridgehead atoms. The third kappa shape index (κ3) is 5.34. The Morgan fingerprint density at radius 3 is 2.65 bits per heavy atom. The van der Waals surface area contributed by atoms with Crippen molar-refractivity contribution < 1.29 is 4.79 Å². The van der Waals surface area contributed by atoms with Crippen LogP contribution in [0.4, 0.5) is 5.69 Å². The van der Waals surface area contributed by atoms with Crippen molar-refractivity contribution in [3.63, 3.8) is 0 Å². The largest absolute Gasteiger partial charge is 0.357 e. The molecule has 0 saturated heterocycles. The Balaban J connectivity index is 2.05. The van der Waals surface area contributed by atoms with E-state index in [2.05, 4.69) is 33.0 Å². The fourth-order valence-electron chi connectivity index (χ4n) is 2.71. The first-order valence-electron chi connectivity index (χ1n) is 8.78. The van der Waals surface area contributed by atoms with Crippen LogP contribution in [-0.2, 0) is 24.9 Å². The molecule has 0 atom stereocenters. The first kappa shape index (κ1) is 19.5. The predicted molar refractivity (Wildman–Crippen MR) is 105 cm³/mol. The monoisotopic (exact) mass is 356 g/mol. The summed E-state index contributed by atoms with van der Waals surface area (Å²) in [5, 5.41) is 13.9. The van der Waals surface area contributed by atoms with E-state index in [1.54, 1.807) is 0 Å². The summed E-state index contributed by atoms with van der Waals surface area (Å²) in [7, 11) is 1.95. The zero-order valence-corrected chi connectivity index (χ0v) is 16.2. The Kier molecular flexibility index (Phi) is 6.77. The Morgan fingerprint density at radius 1 is 1.27 bits per heavy atom. The predicted octanol–water partition coefficient (Wildman–Crippen LogP) is 2.25. The van der Waals surface area contributed by atoms with Crippen LogP contribution in [0.25, 0.3) is 0 Å². The van der Waals surface area contributed by atoms with Crippen LogP contribution in [0, 0.1) is 13.8 Å². The van der Waals surface area contributed by atoms with Crippen LogP contribution in [-0.4, -0.2) is 28.2 Å². The standard InChI is InChI=1S/C19H28N6O/c1-6-20-19(22-12-18-13(2)24-25(5)14(18)3)21-11-16-8-7-9-17(10-16)23-15(4)26/h7-10H,6,11-12H2,1-5H3,(H,23,26)(H2,20,21,22). The van der Waals surface area contributed by atoms with E-state index in [4.69, 9.17) is 0 Å². The number of nitrogens with one attached hydrogen (secondary N) is 3. The minimum atomic E-state index is -0.0807. The number of amides is 1. The van der Waals surface area contributed by atoms with Crippen molar-refractivity contribution >= 4 is 17.6 Å². The zero-order chi connectivity index (χ0) is 19.1. The summed E-state index contributed by atoms with van der Waals surface area (Å²) < 4.78 is 1.89. The Bertz CT molecular complexity index is 793. The molecule has 26 heavy (non-hydrogen) atoms. The van der Waals surface area contributed by atoms with Gasteiger partial charge in [-0.2, -0.15) is 5.10 Å². The maximum absolute atomic E-state index is 11.2. The number of anilines is 1. The molecule has 0 aliphatic rings. The SMILES string of the molecule is CCNC(=NCc1cccc(NC(C)=O)c1)NCc1c(C)nn(C)c1C. The summed E-state index contributed by atoms with van der Waals surface area (Å²) in [4.78, 5) is 15.8. The molecule has 0 fully saturated rings. The second-order valence-corrected chi connectivity index (χ2v) is 6.20. The summed E-state index contributed by atoms with van der Waals surface area (Å²) in [5.74, 6) is 0.669. The Labute approximate surface area is 154 Å². The van der Waals surface area contributed by atoms with Crippen molar-refractivity contribution in [2.75, 3.05) is 11.9 Å². The first-order chi connectivity index (χ1) is 12.4. The van der Waals surface area contributed by atoms with Gasteiger partial charge in [0.05, 0.1) is 12.2 Å². The first-order valence-corrected chi connectivity index (χ1v) is 8.78. The van der Waals surface area contributed by atoms with Crippen molar-refractivity contribution in [3.05, 3.63) is 46.8 Å². The van der Waals surface area contributed by atoms with Gasteiger partial charge >= 0.3 is 0 Å². The molecule has 1 aromatic carbocycles. The summed E-state index contributed by atoms with van der Waals surface area (Å²) >= 11 is 0. The molecular weight excluding hydrogens is 328 g/mol. The lowest BCUT2D eigenvalue weighted by Gasteiger charge is -2.12. The summed E-state index contributed by atoms with van der Waals surface area (Å²) in [6.07, 6.45) is 0. The second kappa shape index (κ2) is 9.03. The van der Waals surface area contributed by atoms with E-state index in [-0.39, 0.29) is 5.91 Å². The number of nitrogens with zero attached hydrogens (tertiary/aromatic N) is 3. The molecule has 1 heterocycles. The van der Waals surface area contributed by atoms with Crippen molar-refractivity contribution in [2.24, 2.45) is 12.0 Å². The van der Waals surface area contributed by atoms with Crippen LogP contribution in [0.15, 0.2) is 29.3 Å². The molecule has 1 amide bonds. The number of aromatic nitrogens is 2. The summed E-state index contributed by atoms with van der Waals surface area (Å²) in [6.45, 7) is 9.59. The van der Waals surface area contributed by atoms with Crippen molar-refractivity contribution in [1.82, 2.24) is 20.4 Å². The molecule has 7 nitrogen and oxygen atoms in total. The highest BCUT2D eigenvalue weighted by molar-refractivity contribution is 5.88. The summed E-state index contributed by atoms with van der Waals surface area (Å²) in [6, 6.07) is 7.71. The van der Waals surface area contributed by atoms with Crippen LogP contribution in [0.3, 0.4) is 0 Å². The smallest absolute Gasteiger partial charge is 0.221 e. The zero-order valence-electron chi connectivity index (χ0n) is 16.2. The lowest BCUT2D eigenvalue weighted by Crippen LogP contribution is -2.37. The van der Waals surface area contributed by atoms with E-state index in [9.17, 15) is 4.79 Å². The van der Waals surface area contributed by atoms with E-state index >= 15 is 0 Å². The van der Waals surface area contributed by atoms with Gasteiger partial charge in [-0.1, -0.05) is 12.1 Å². The van der Waals surface area contributed by atoms with E-state index < -0.39 is 0 Å². The number of hydrogen-bond donors (Lipinski definition) is 3. The van der Waals surface area contributed by atoms with Gasteiger partial charge < -0.3 is 16.0 Å². The van der Waals surface area contributed by atoms with E-state index in [0.717, 1.165) is 35.1 Å². The van der Waals surface area contributed by atoms with Gasteiger partial charge in [-0.15, -0.1) is 0 Å². The topological polar surface area (TPSA) is 83.3 Å². The number of benzene rings is 1. The van der Waals surface area contributed by atoms with Gasteiger partial charge in [0.2, 0.25) is 5.91 Å². The fourth-order valence-corrected chi connectivity index (χ4v) is 2.71. The highest BCUT2D eigenvalue weighted by Crippen LogP contribution is 2.12. The number of carbonyl (C=O) groups excluding carboxylic acids is 1. The lowest BCUT2D eigenvalue weighted by molar-refractivity contribution is -0.114. The molecule has 2 aromatic rings. The van der Waals surface area contributed by atoms with Gasteiger partial charge in [0.1, 0.15) is 0 Å². The molecule has 0 saturated carbocycles. The quantitative estimate of drug-likeness (QED) is 0.548. The molecule has 0 aliphatic carbocycles. The number of hydrogen-bond acceptors (Lipinski definition) is 3. The van der Waals surface area contributed by atoms with Crippen molar-refractivity contribution in [2.45, 2.75) is 40.8 Å². The highest BCUT2D eigenvalue weighted by Gasteiger charge is 2.09. The van der Waals surface area contributed by atoms with E-state index in [1.807, 2.05) is 49.8 Å². The van der Waals surface area contributed by atoms with Crippen molar-refractivity contribution in [1.29, 1.82) is 0 Å². The molecule has 0 spiro atoms. The number of aliphatic imine (C=N–C) groups is 1. The minimum absolute atomic E-state index is 0.0807. The molecular formula is C19H28N6O. The van der Waals surface area contributed by atoms with E-state index in [0.29, 0.717) is 13.1 Å². The number of aryl methyl sites for hydroxylation is 2. The van der Waals surface area contributed by atoms with Gasteiger partial charge in [0, 0.05) is 44.0 Å². The maximum Gasteiger partial charge on any atom is 0.221 e. The van der Waals surface area contributed by atoms with Gasteiger partial charge in [0.25, 0.3) is 0 Å². The van der Waals surface area contributed by atoms with Gasteiger partial charge in [-0.25, -0.2) is 4.99 Å². The lowest BCUT2D eigenvalue weighted by atomic mass is 10.2.